The summed E-state index contributed by atoms with van der Waals surface area (Å²) in [6.45, 7) is 0. The molecule has 104 valence electrons. The maximum absolute atomic E-state index is 11.7. The zero-order valence-corrected chi connectivity index (χ0v) is 10.4. The van der Waals surface area contributed by atoms with Crippen molar-refractivity contribution in [2.45, 2.75) is 29.6 Å². The molecule has 0 bridgehead atoms. The average Bonchev–Trinajstić information content (AvgIpc) is 2.73. The molecular formula is C10H12ClN3O5. The molecule has 1 saturated heterocycles. The van der Waals surface area contributed by atoms with Gasteiger partial charge in [-0.3, -0.25) is 4.57 Å². The van der Waals surface area contributed by atoms with Gasteiger partial charge in [0.25, 0.3) is 0 Å². The number of fused-ring (bicyclic) bond motifs is 1. The van der Waals surface area contributed by atoms with E-state index in [4.69, 9.17) is 22.1 Å². The number of alkyl halides is 1. The number of nitrogens with zero attached hydrogens (tertiary/aromatic N) is 2. The number of aromatic nitrogens is 2. The molecule has 0 spiro atoms. The average molecular weight is 290 g/mol. The number of nitrogens with two attached hydrogens (primary N) is 1. The van der Waals surface area contributed by atoms with E-state index in [0.29, 0.717) is 0 Å². The summed E-state index contributed by atoms with van der Waals surface area (Å²) in [5.74, 6) is -0.181. The Morgan fingerprint density at radius 1 is 1.58 bits per heavy atom. The molecule has 5 N–H and O–H groups in total. The second-order valence-corrected chi connectivity index (χ2v) is 5.01. The highest BCUT2D eigenvalue weighted by molar-refractivity contribution is 6.19. The molecule has 2 heterocycles. The van der Waals surface area contributed by atoms with Gasteiger partial charge in [0.2, 0.25) is 0 Å². The molecule has 1 aliphatic carbocycles. The molecule has 2 fully saturated rings. The lowest BCUT2D eigenvalue weighted by molar-refractivity contribution is -0.111. The fourth-order valence-electron chi connectivity index (χ4n) is 2.60. The first-order valence-electron chi connectivity index (χ1n) is 5.55. The van der Waals surface area contributed by atoms with Crippen LogP contribution in [-0.4, -0.2) is 54.2 Å². The van der Waals surface area contributed by atoms with Gasteiger partial charge >= 0.3 is 5.69 Å². The lowest BCUT2D eigenvalue weighted by atomic mass is 10.1. The highest BCUT2D eigenvalue weighted by Gasteiger charge is 2.87. The third kappa shape index (κ3) is 1.32. The highest BCUT2D eigenvalue weighted by atomic mass is 35.5. The van der Waals surface area contributed by atoms with Crippen molar-refractivity contribution in [3.05, 3.63) is 22.7 Å². The topological polar surface area (TPSA) is 131 Å². The Kier molecular flexibility index (Phi) is 2.48. The first kappa shape index (κ1) is 12.8. The van der Waals surface area contributed by atoms with Crippen molar-refractivity contribution in [3.8, 4) is 0 Å². The SMILES string of the molecule is Nc1ccn([C@@H]2O[C@]3(CCl)C(O)[C@]3(O)[C@H]2O)c(=O)n1. The molecule has 1 aromatic heterocycles. The molecule has 8 nitrogen and oxygen atoms in total. The van der Waals surface area contributed by atoms with Gasteiger partial charge < -0.3 is 25.8 Å². The third-order valence-corrected chi connectivity index (χ3v) is 4.23. The highest BCUT2D eigenvalue weighted by Crippen LogP contribution is 2.62. The summed E-state index contributed by atoms with van der Waals surface area (Å²) in [5.41, 5.74) is 1.30. The Bertz CT molecular complexity index is 591. The molecular weight excluding hydrogens is 278 g/mol. The first-order valence-corrected chi connectivity index (χ1v) is 6.09. The Balaban J connectivity index is 2.00. The Hall–Kier alpha value is -1.19. The minimum Gasteiger partial charge on any atom is -0.387 e. The molecule has 2 aliphatic rings. The van der Waals surface area contributed by atoms with Crippen molar-refractivity contribution >= 4 is 17.4 Å². The molecule has 0 radical (unpaired) electrons. The van der Waals surface area contributed by atoms with Gasteiger partial charge in [0.05, 0.1) is 5.88 Å². The van der Waals surface area contributed by atoms with E-state index in [1.165, 1.54) is 12.3 Å². The minimum absolute atomic E-state index is 0.0321. The number of nitrogen functional groups attached to an aromatic ring is 1. The first-order chi connectivity index (χ1) is 8.88. The van der Waals surface area contributed by atoms with Crippen molar-refractivity contribution < 1.29 is 20.1 Å². The van der Waals surface area contributed by atoms with Crippen LogP contribution < -0.4 is 11.4 Å². The van der Waals surface area contributed by atoms with Gasteiger partial charge in [0.1, 0.15) is 23.6 Å². The number of aliphatic hydroxyl groups excluding tert-OH is 2. The number of rotatable bonds is 2. The number of aliphatic hydroxyl groups is 3. The van der Waals surface area contributed by atoms with Crippen LogP contribution in [-0.2, 0) is 4.74 Å². The van der Waals surface area contributed by atoms with Crippen LogP contribution in [0.1, 0.15) is 6.23 Å². The summed E-state index contributed by atoms with van der Waals surface area (Å²) in [4.78, 5) is 15.2. The Morgan fingerprint density at radius 3 is 2.79 bits per heavy atom. The van der Waals surface area contributed by atoms with Crippen molar-refractivity contribution in [1.82, 2.24) is 9.55 Å². The van der Waals surface area contributed by atoms with Crippen LogP contribution in [0.4, 0.5) is 5.82 Å². The van der Waals surface area contributed by atoms with Gasteiger partial charge in [-0.05, 0) is 6.07 Å². The van der Waals surface area contributed by atoms with E-state index in [1.807, 2.05) is 0 Å². The smallest absolute Gasteiger partial charge is 0.351 e. The number of halogens is 1. The maximum Gasteiger partial charge on any atom is 0.351 e. The van der Waals surface area contributed by atoms with Gasteiger partial charge in [-0.2, -0.15) is 4.98 Å². The van der Waals surface area contributed by atoms with Gasteiger partial charge in [0.15, 0.2) is 11.8 Å². The van der Waals surface area contributed by atoms with E-state index in [1.54, 1.807) is 0 Å². The van der Waals surface area contributed by atoms with Gasteiger partial charge in [-0.25, -0.2) is 4.79 Å². The largest absolute Gasteiger partial charge is 0.387 e. The molecule has 1 saturated carbocycles. The number of anilines is 1. The van der Waals surface area contributed by atoms with Crippen molar-refractivity contribution in [1.29, 1.82) is 0 Å². The minimum atomic E-state index is -1.87. The van der Waals surface area contributed by atoms with Crippen molar-refractivity contribution in [2.24, 2.45) is 0 Å². The Morgan fingerprint density at radius 2 is 2.26 bits per heavy atom. The predicted molar refractivity (Wildman–Crippen MR) is 63.4 cm³/mol. The fraction of sp³-hybridized carbons (Fsp3) is 0.600. The van der Waals surface area contributed by atoms with Crippen LogP contribution in [0.3, 0.4) is 0 Å². The molecule has 19 heavy (non-hydrogen) atoms. The van der Waals surface area contributed by atoms with Crippen molar-refractivity contribution in [2.75, 3.05) is 11.6 Å². The molecule has 0 amide bonds. The molecule has 1 unspecified atom stereocenters. The van der Waals surface area contributed by atoms with Gasteiger partial charge in [0, 0.05) is 6.20 Å². The molecule has 1 aliphatic heterocycles. The zero-order chi connectivity index (χ0) is 14.0. The molecule has 9 heteroatoms. The summed E-state index contributed by atoms with van der Waals surface area (Å²) in [6, 6.07) is 1.36. The summed E-state index contributed by atoms with van der Waals surface area (Å²) in [7, 11) is 0. The maximum atomic E-state index is 11.7. The van der Waals surface area contributed by atoms with E-state index in [-0.39, 0.29) is 11.7 Å². The van der Waals surface area contributed by atoms with Gasteiger partial charge in [-0.15, -0.1) is 11.6 Å². The van der Waals surface area contributed by atoms with Crippen LogP contribution in [0.2, 0.25) is 0 Å². The van der Waals surface area contributed by atoms with Crippen LogP contribution in [0, 0.1) is 0 Å². The fourth-order valence-corrected chi connectivity index (χ4v) is 3.03. The number of ether oxygens (including phenoxy) is 1. The Labute approximate surface area is 112 Å². The van der Waals surface area contributed by atoms with E-state index >= 15 is 0 Å². The summed E-state index contributed by atoms with van der Waals surface area (Å²) in [5, 5.41) is 29.9. The lowest BCUT2D eigenvalue weighted by Gasteiger charge is -2.23. The van der Waals surface area contributed by atoms with Crippen LogP contribution in [0.15, 0.2) is 17.1 Å². The number of hydrogen-bond acceptors (Lipinski definition) is 7. The molecule has 3 rings (SSSR count). The van der Waals surface area contributed by atoms with Crippen LogP contribution >= 0.6 is 11.6 Å². The van der Waals surface area contributed by atoms with Gasteiger partial charge in [-0.1, -0.05) is 0 Å². The summed E-state index contributed by atoms with van der Waals surface area (Å²) >= 11 is 5.68. The standard InChI is InChI=1S/C10H12ClN3O5/c11-3-9-7(16)10(9,18)5(15)6(19-9)14-2-1-4(12)13-8(14)17/h1-2,5-7,15-16,18H,3H2,(H2,12,13,17)/t5-,6+,7?,9+,10+/m0/s1. The predicted octanol–water partition coefficient (Wildman–Crippen LogP) is -2.20. The normalized spacial score (nSPS) is 44.1. The van der Waals surface area contributed by atoms with E-state index in [9.17, 15) is 20.1 Å². The zero-order valence-electron chi connectivity index (χ0n) is 9.60. The van der Waals surface area contributed by atoms with E-state index in [2.05, 4.69) is 4.98 Å². The quantitative estimate of drug-likeness (QED) is 0.454. The summed E-state index contributed by atoms with van der Waals surface area (Å²) < 4.78 is 6.40. The monoisotopic (exact) mass is 289 g/mol. The third-order valence-electron chi connectivity index (χ3n) is 3.83. The second-order valence-electron chi connectivity index (χ2n) is 4.75. The van der Waals surface area contributed by atoms with E-state index in [0.717, 1.165) is 4.57 Å². The summed E-state index contributed by atoms with van der Waals surface area (Å²) in [6.07, 6.45) is -2.67. The molecule has 0 aromatic carbocycles. The molecule has 1 aromatic rings. The number of hydrogen-bond donors (Lipinski definition) is 4. The second kappa shape index (κ2) is 3.68. The lowest BCUT2D eigenvalue weighted by Crippen LogP contribution is -2.40. The molecule has 5 atom stereocenters. The van der Waals surface area contributed by atoms with E-state index < -0.39 is 35.3 Å². The van der Waals surface area contributed by atoms with Crippen LogP contribution in [0.25, 0.3) is 0 Å². The van der Waals surface area contributed by atoms with Crippen LogP contribution in [0.5, 0.6) is 0 Å². The van der Waals surface area contributed by atoms with Crippen molar-refractivity contribution in [3.63, 3.8) is 0 Å².